The highest BCUT2D eigenvalue weighted by molar-refractivity contribution is 7.15. The van der Waals surface area contributed by atoms with Crippen molar-refractivity contribution in [3.05, 3.63) is 46.7 Å². The highest BCUT2D eigenvalue weighted by Gasteiger charge is 2.23. The van der Waals surface area contributed by atoms with E-state index in [0.29, 0.717) is 18.7 Å². The quantitative estimate of drug-likeness (QED) is 0.872. The molecular formula is C16H18FN3OS. The zero-order valence-electron chi connectivity index (χ0n) is 12.5. The van der Waals surface area contributed by atoms with Gasteiger partial charge in [0.1, 0.15) is 5.82 Å². The molecule has 1 aliphatic heterocycles. The predicted molar refractivity (Wildman–Crippen MR) is 85.7 cm³/mol. The van der Waals surface area contributed by atoms with Gasteiger partial charge in [-0.3, -0.25) is 4.79 Å². The molecule has 1 amide bonds. The number of halogens is 1. The first kappa shape index (κ1) is 15.0. The molecule has 0 bridgehead atoms. The van der Waals surface area contributed by atoms with Gasteiger partial charge in [-0.2, -0.15) is 0 Å². The van der Waals surface area contributed by atoms with Gasteiger partial charge in [-0.15, -0.1) is 11.3 Å². The molecule has 0 atom stereocenters. The second-order valence-electron chi connectivity index (χ2n) is 5.39. The molecule has 0 saturated carbocycles. The summed E-state index contributed by atoms with van der Waals surface area (Å²) in [5.74, 6) is -0.326. The zero-order chi connectivity index (χ0) is 15.5. The molecule has 1 aromatic heterocycles. The third-order valence-corrected chi connectivity index (χ3v) is 4.79. The maximum Gasteiger partial charge on any atom is 0.227 e. The fraction of sp³-hybridized carbons (Fsp3) is 0.375. The summed E-state index contributed by atoms with van der Waals surface area (Å²) < 4.78 is 13.6. The van der Waals surface area contributed by atoms with E-state index in [0.717, 1.165) is 18.2 Å². The van der Waals surface area contributed by atoms with Crippen LogP contribution in [0.1, 0.15) is 10.4 Å². The summed E-state index contributed by atoms with van der Waals surface area (Å²) in [4.78, 5) is 21.9. The third kappa shape index (κ3) is 3.27. The van der Waals surface area contributed by atoms with Gasteiger partial charge in [-0.05, 0) is 18.6 Å². The number of anilines is 1. The molecule has 22 heavy (non-hydrogen) atoms. The molecule has 0 radical (unpaired) electrons. The fourth-order valence-corrected chi connectivity index (χ4v) is 3.36. The molecule has 2 heterocycles. The van der Waals surface area contributed by atoms with Gasteiger partial charge < -0.3 is 9.80 Å². The highest BCUT2D eigenvalue weighted by atomic mass is 32.1. The minimum atomic E-state index is -0.312. The van der Waals surface area contributed by atoms with E-state index in [1.807, 2.05) is 18.0 Å². The Morgan fingerprint density at radius 1 is 1.27 bits per heavy atom. The first-order chi connectivity index (χ1) is 10.6. The third-order valence-electron chi connectivity index (χ3n) is 3.81. The van der Waals surface area contributed by atoms with Crippen LogP contribution in [0.15, 0.2) is 30.5 Å². The molecule has 0 unspecified atom stereocenters. The second-order valence-corrected chi connectivity index (χ2v) is 6.60. The summed E-state index contributed by atoms with van der Waals surface area (Å²) in [6, 6.07) is 6.46. The minimum Gasteiger partial charge on any atom is -0.345 e. The molecule has 1 fully saturated rings. The van der Waals surface area contributed by atoms with Crippen molar-refractivity contribution in [3.8, 4) is 0 Å². The van der Waals surface area contributed by atoms with Gasteiger partial charge in [0.25, 0.3) is 0 Å². The molecule has 1 saturated heterocycles. The summed E-state index contributed by atoms with van der Waals surface area (Å²) >= 11 is 1.67. The number of aryl methyl sites for hydroxylation is 1. The molecule has 0 N–H and O–H groups in total. The van der Waals surface area contributed by atoms with E-state index in [-0.39, 0.29) is 18.1 Å². The Labute approximate surface area is 133 Å². The summed E-state index contributed by atoms with van der Waals surface area (Å²) in [5, 5.41) is 1.01. The van der Waals surface area contributed by atoms with Crippen LogP contribution >= 0.6 is 11.3 Å². The molecule has 3 rings (SSSR count). The molecule has 1 aliphatic rings. The average molecular weight is 319 g/mol. The number of thiazole rings is 1. The molecule has 6 heteroatoms. The summed E-state index contributed by atoms with van der Waals surface area (Å²) in [5.41, 5.74) is 0.463. The maximum atomic E-state index is 13.6. The Balaban J connectivity index is 1.57. The number of hydrogen-bond donors (Lipinski definition) is 0. The number of piperazine rings is 1. The first-order valence-corrected chi connectivity index (χ1v) is 8.13. The van der Waals surface area contributed by atoms with E-state index < -0.39 is 0 Å². The normalized spacial score (nSPS) is 15.2. The lowest BCUT2D eigenvalue weighted by Crippen LogP contribution is -2.49. The van der Waals surface area contributed by atoms with Crippen LogP contribution in [0.25, 0.3) is 0 Å². The molecule has 0 spiro atoms. The number of carbonyl (C=O) groups is 1. The SMILES string of the molecule is Cc1cnc(N2CCN(C(=O)Cc3ccccc3F)CC2)s1. The Kier molecular flexibility index (Phi) is 4.38. The lowest BCUT2D eigenvalue weighted by Gasteiger charge is -2.34. The van der Waals surface area contributed by atoms with Crippen molar-refractivity contribution in [2.45, 2.75) is 13.3 Å². The van der Waals surface area contributed by atoms with Gasteiger partial charge in [0.15, 0.2) is 5.13 Å². The summed E-state index contributed by atoms with van der Waals surface area (Å²) in [6.07, 6.45) is 2.00. The standard InChI is InChI=1S/C16H18FN3OS/c1-12-11-18-16(22-12)20-8-6-19(7-9-20)15(21)10-13-4-2-3-5-14(13)17/h2-5,11H,6-10H2,1H3. The van der Waals surface area contributed by atoms with Crippen LogP contribution in [0, 0.1) is 12.7 Å². The van der Waals surface area contributed by atoms with Gasteiger partial charge in [-0.1, -0.05) is 18.2 Å². The van der Waals surface area contributed by atoms with Crippen molar-refractivity contribution in [1.82, 2.24) is 9.88 Å². The van der Waals surface area contributed by atoms with Crippen molar-refractivity contribution < 1.29 is 9.18 Å². The second kappa shape index (κ2) is 6.44. The molecule has 4 nitrogen and oxygen atoms in total. The molecule has 0 aliphatic carbocycles. The number of rotatable bonds is 3. The van der Waals surface area contributed by atoms with E-state index in [1.54, 1.807) is 29.5 Å². The van der Waals surface area contributed by atoms with E-state index in [9.17, 15) is 9.18 Å². The Bertz CT molecular complexity index is 665. The van der Waals surface area contributed by atoms with Crippen LogP contribution in [0.2, 0.25) is 0 Å². The molecule has 2 aromatic rings. The number of amides is 1. The molecular weight excluding hydrogens is 301 g/mol. The van der Waals surface area contributed by atoms with Gasteiger partial charge >= 0.3 is 0 Å². The van der Waals surface area contributed by atoms with Gasteiger partial charge in [0.05, 0.1) is 6.42 Å². The van der Waals surface area contributed by atoms with Crippen LogP contribution in [-0.2, 0) is 11.2 Å². The van der Waals surface area contributed by atoms with Crippen LogP contribution in [0.4, 0.5) is 9.52 Å². The molecule has 116 valence electrons. The number of aromatic nitrogens is 1. The maximum absolute atomic E-state index is 13.6. The largest absolute Gasteiger partial charge is 0.345 e. The fourth-order valence-electron chi connectivity index (χ4n) is 2.55. The van der Waals surface area contributed by atoms with Crippen LogP contribution in [0.3, 0.4) is 0 Å². The van der Waals surface area contributed by atoms with Crippen molar-refractivity contribution in [1.29, 1.82) is 0 Å². The van der Waals surface area contributed by atoms with Gasteiger partial charge in [-0.25, -0.2) is 9.37 Å². The average Bonchev–Trinajstić information content (AvgIpc) is 2.96. The monoisotopic (exact) mass is 319 g/mol. The van der Waals surface area contributed by atoms with Gasteiger partial charge in [0.2, 0.25) is 5.91 Å². The Morgan fingerprint density at radius 2 is 2.00 bits per heavy atom. The van der Waals surface area contributed by atoms with E-state index >= 15 is 0 Å². The number of benzene rings is 1. The van der Waals surface area contributed by atoms with E-state index in [4.69, 9.17) is 0 Å². The van der Waals surface area contributed by atoms with Crippen molar-refractivity contribution >= 4 is 22.4 Å². The topological polar surface area (TPSA) is 36.4 Å². The smallest absolute Gasteiger partial charge is 0.227 e. The number of carbonyl (C=O) groups excluding carboxylic acids is 1. The Morgan fingerprint density at radius 3 is 2.64 bits per heavy atom. The Hall–Kier alpha value is -1.95. The predicted octanol–water partition coefficient (Wildman–Crippen LogP) is 2.48. The first-order valence-electron chi connectivity index (χ1n) is 7.32. The lowest BCUT2D eigenvalue weighted by atomic mass is 10.1. The minimum absolute atomic E-state index is 0.0138. The van der Waals surface area contributed by atoms with Crippen LogP contribution < -0.4 is 4.90 Å². The van der Waals surface area contributed by atoms with E-state index in [1.165, 1.54) is 10.9 Å². The summed E-state index contributed by atoms with van der Waals surface area (Å²) in [6.45, 7) is 4.90. The van der Waals surface area contributed by atoms with Crippen LogP contribution in [-0.4, -0.2) is 42.0 Å². The lowest BCUT2D eigenvalue weighted by molar-refractivity contribution is -0.130. The van der Waals surface area contributed by atoms with E-state index in [2.05, 4.69) is 9.88 Å². The number of nitrogens with zero attached hydrogens (tertiary/aromatic N) is 3. The van der Waals surface area contributed by atoms with Crippen molar-refractivity contribution in [2.75, 3.05) is 31.1 Å². The van der Waals surface area contributed by atoms with Crippen LogP contribution in [0.5, 0.6) is 0 Å². The van der Waals surface area contributed by atoms with Gasteiger partial charge in [0, 0.05) is 37.3 Å². The van der Waals surface area contributed by atoms with Crippen molar-refractivity contribution in [3.63, 3.8) is 0 Å². The highest BCUT2D eigenvalue weighted by Crippen LogP contribution is 2.23. The summed E-state index contributed by atoms with van der Waals surface area (Å²) in [7, 11) is 0. The zero-order valence-corrected chi connectivity index (χ0v) is 13.3. The number of hydrogen-bond acceptors (Lipinski definition) is 4. The van der Waals surface area contributed by atoms with Crippen molar-refractivity contribution in [2.24, 2.45) is 0 Å². The molecule has 1 aromatic carbocycles.